The third kappa shape index (κ3) is 5.16. The molecule has 2 fully saturated rings. The van der Waals surface area contributed by atoms with Crippen molar-refractivity contribution in [3.8, 4) is 0 Å². The monoisotopic (exact) mass is 332 g/mol. The van der Waals surface area contributed by atoms with E-state index in [0.717, 1.165) is 51.0 Å². The average Bonchev–Trinajstić information content (AvgIpc) is 3.12. The molecule has 1 atom stereocenters. The van der Waals surface area contributed by atoms with E-state index in [9.17, 15) is 5.11 Å². The maximum atomic E-state index is 10.2. The van der Waals surface area contributed by atoms with Crippen molar-refractivity contribution in [1.29, 1.82) is 0 Å². The summed E-state index contributed by atoms with van der Waals surface area (Å²) in [5.74, 6) is 1.93. The lowest BCUT2D eigenvalue weighted by Crippen LogP contribution is -2.41. The summed E-state index contributed by atoms with van der Waals surface area (Å²) in [6, 6.07) is 4.26. The van der Waals surface area contributed by atoms with Gasteiger partial charge in [0.05, 0.1) is 6.10 Å². The van der Waals surface area contributed by atoms with Gasteiger partial charge in [0.25, 0.3) is 0 Å². The van der Waals surface area contributed by atoms with Crippen LogP contribution >= 0.6 is 0 Å². The van der Waals surface area contributed by atoms with Crippen LogP contribution in [0.5, 0.6) is 0 Å². The standard InChI is InChI=1S/C19H32N4O/c1-16-6-10-22(11-7-16)15-18(24)14-20-12-17-4-5-19(21-13-17)23-8-2-3-9-23/h4-5,13,16,18,20,24H,2-3,6-12,14-15H2,1H3. The van der Waals surface area contributed by atoms with Gasteiger partial charge in [0.2, 0.25) is 0 Å². The number of nitrogens with zero attached hydrogens (tertiary/aromatic N) is 3. The zero-order valence-corrected chi connectivity index (χ0v) is 15.0. The Bertz CT molecular complexity index is 479. The van der Waals surface area contributed by atoms with E-state index in [1.54, 1.807) is 0 Å². The molecule has 0 amide bonds. The van der Waals surface area contributed by atoms with Gasteiger partial charge in [-0.25, -0.2) is 4.98 Å². The molecule has 2 N–H and O–H groups in total. The number of hydrogen-bond acceptors (Lipinski definition) is 5. The number of rotatable bonds is 7. The first kappa shape index (κ1) is 17.6. The van der Waals surface area contributed by atoms with Crippen molar-refractivity contribution in [3.63, 3.8) is 0 Å². The summed E-state index contributed by atoms with van der Waals surface area (Å²) in [5.41, 5.74) is 1.18. The Morgan fingerprint density at radius 1 is 1.21 bits per heavy atom. The molecule has 1 unspecified atom stereocenters. The molecule has 1 aromatic heterocycles. The average molecular weight is 332 g/mol. The summed E-state index contributed by atoms with van der Waals surface area (Å²) in [6.07, 6.45) is 6.73. The Hall–Kier alpha value is -1.17. The first-order chi connectivity index (χ1) is 11.7. The Labute approximate surface area is 146 Å². The Morgan fingerprint density at radius 2 is 1.96 bits per heavy atom. The SMILES string of the molecule is CC1CCN(CC(O)CNCc2ccc(N3CCCC3)nc2)CC1. The van der Waals surface area contributed by atoms with Crippen LogP contribution in [0.4, 0.5) is 5.82 Å². The molecule has 0 saturated carbocycles. The molecule has 0 aromatic carbocycles. The van der Waals surface area contributed by atoms with Crippen molar-refractivity contribution in [2.24, 2.45) is 5.92 Å². The molecular formula is C19H32N4O. The molecule has 2 saturated heterocycles. The fourth-order valence-corrected chi connectivity index (χ4v) is 3.64. The number of aliphatic hydroxyl groups excluding tert-OH is 1. The van der Waals surface area contributed by atoms with Crippen molar-refractivity contribution in [2.75, 3.05) is 44.2 Å². The number of anilines is 1. The Morgan fingerprint density at radius 3 is 2.62 bits per heavy atom. The number of likely N-dealkylation sites (tertiary alicyclic amines) is 1. The smallest absolute Gasteiger partial charge is 0.128 e. The van der Waals surface area contributed by atoms with Gasteiger partial charge in [-0.05, 0) is 56.3 Å². The highest BCUT2D eigenvalue weighted by Crippen LogP contribution is 2.18. The molecule has 24 heavy (non-hydrogen) atoms. The molecule has 5 heteroatoms. The lowest BCUT2D eigenvalue weighted by molar-refractivity contribution is 0.0907. The van der Waals surface area contributed by atoms with E-state index < -0.39 is 0 Å². The highest BCUT2D eigenvalue weighted by atomic mass is 16.3. The van der Waals surface area contributed by atoms with Gasteiger partial charge in [-0.1, -0.05) is 13.0 Å². The number of hydrogen-bond donors (Lipinski definition) is 2. The third-order valence-electron chi connectivity index (χ3n) is 5.29. The lowest BCUT2D eigenvalue weighted by atomic mass is 9.99. The zero-order chi connectivity index (χ0) is 16.8. The normalized spacial score (nSPS) is 21.3. The lowest BCUT2D eigenvalue weighted by Gasteiger charge is -2.31. The third-order valence-corrected chi connectivity index (χ3v) is 5.29. The van der Waals surface area contributed by atoms with Crippen molar-refractivity contribution < 1.29 is 5.11 Å². The van der Waals surface area contributed by atoms with Crippen LogP contribution in [-0.4, -0.2) is 60.4 Å². The number of pyridine rings is 1. The van der Waals surface area contributed by atoms with E-state index in [4.69, 9.17) is 0 Å². The Kier molecular flexibility index (Phi) is 6.46. The molecule has 2 aliphatic rings. The number of nitrogens with one attached hydrogen (secondary N) is 1. The number of aliphatic hydroxyl groups is 1. The summed E-state index contributed by atoms with van der Waals surface area (Å²) in [6.45, 7) is 9.02. The molecule has 1 aromatic rings. The molecule has 5 nitrogen and oxygen atoms in total. The van der Waals surface area contributed by atoms with Crippen molar-refractivity contribution in [3.05, 3.63) is 23.9 Å². The van der Waals surface area contributed by atoms with Crippen LogP contribution in [0.3, 0.4) is 0 Å². The van der Waals surface area contributed by atoms with Crippen molar-refractivity contribution in [1.82, 2.24) is 15.2 Å². The van der Waals surface area contributed by atoms with Gasteiger partial charge < -0.3 is 20.2 Å². The highest BCUT2D eigenvalue weighted by molar-refractivity contribution is 5.40. The molecule has 0 radical (unpaired) electrons. The van der Waals surface area contributed by atoms with Gasteiger partial charge in [0.15, 0.2) is 0 Å². The van der Waals surface area contributed by atoms with Crippen LogP contribution in [0.25, 0.3) is 0 Å². The maximum Gasteiger partial charge on any atom is 0.128 e. The van der Waals surface area contributed by atoms with Gasteiger partial charge in [-0.15, -0.1) is 0 Å². The fourth-order valence-electron chi connectivity index (χ4n) is 3.64. The van der Waals surface area contributed by atoms with Gasteiger partial charge in [0, 0.05) is 38.9 Å². The summed E-state index contributed by atoms with van der Waals surface area (Å²) in [5, 5.41) is 13.6. The van der Waals surface area contributed by atoms with E-state index in [1.165, 1.54) is 31.2 Å². The minimum Gasteiger partial charge on any atom is -0.390 e. The van der Waals surface area contributed by atoms with Crippen LogP contribution in [0.1, 0.15) is 38.2 Å². The second-order valence-corrected chi connectivity index (χ2v) is 7.49. The molecular weight excluding hydrogens is 300 g/mol. The van der Waals surface area contributed by atoms with Crippen LogP contribution in [0.2, 0.25) is 0 Å². The first-order valence-electron chi connectivity index (χ1n) is 9.52. The van der Waals surface area contributed by atoms with E-state index in [0.29, 0.717) is 6.54 Å². The minimum absolute atomic E-state index is 0.296. The maximum absolute atomic E-state index is 10.2. The topological polar surface area (TPSA) is 51.6 Å². The molecule has 3 rings (SSSR count). The molecule has 0 bridgehead atoms. The van der Waals surface area contributed by atoms with Gasteiger partial charge in [-0.2, -0.15) is 0 Å². The summed E-state index contributed by atoms with van der Waals surface area (Å²) >= 11 is 0. The molecule has 0 spiro atoms. The summed E-state index contributed by atoms with van der Waals surface area (Å²) in [7, 11) is 0. The number of aromatic nitrogens is 1. The predicted molar refractivity (Wildman–Crippen MR) is 98.2 cm³/mol. The molecule has 134 valence electrons. The van der Waals surface area contributed by atoms with E-state index in [2.05, 4.69) is 39.2 Å². The zero-order valence-electron chi connectivity index (χ0n) is 15.0. The van der Waals surface area contributed by atoms with Crippen LogP contribution in [-0.2, 0) is 6.54 Å². The van der Waals surface area contributed by atoms with Gasteiger partial charge in [0.1, 0.15) is 5.82 Å². The van der Waals surface area contributed by atoms with Crippen LogP contribution in [0.15, 0.2) is 18.3 Å². The molecule has 0 aliphatic carbocycles. The van der Waals surface area contributed by atoms with Gasteiger partial charge in [-0.3, -0.25) is 0 Å². The van der Waals surface area contributed by atoms with Crippen molar-refractivity contribution >= 4 is 5.82 Å². The molecule has 2 aliphatic heterocycles. The number of piperidine rings is 1. The van der Waals surface area contributed by atoms with E-state index >= 15 is 0 Å². The summed E-state index contributed by atoms with van der Waals surface area (Å²) in [4.78, 5) is 9.31. The predicted octanol–water partition coefficient (Wildman–Crippen LogP) is 1.86. The second-order valence-electron chi connectivity index (χ2n) is 7.49. The minimum atomic E-state index is -0.296. The second kappa shape index (κ2) is 8.79. The number of β-amino-alcohol motifs (C(OH)–C–C–N with tert-alkyl or cyclic N) is 1. The fraction of sp³-hybridized carbons (Fsp3) is 0.737. The quantitative estimate of drug-likeness (QED) is 0.798. The summed E-state index contributed by atoms with van der Waals surface area (Å²) < 4.78 is 0. The van der Waals surface area contributed by atoms with Crippen molar-refractivity contribution in [2.45, 2.75) is 45.3 Å². The molecule has 3 heterocycles. The highest BCUT2D eigenvalue weighted by Gasteiger charge is 2.18. The van der Waals surface area contributed by atoms with E-state index in [-0.39, 0.29) is 6.10 Å². The Balaban J connectivity index is 1.35. The first-order valence-corrected chi connectivity index (χ1v) is 9.52. The van der Waals surface area contributed by atoms with Crippen LogP contribution < -0.4 is 10.2 Å². The van der Waals surface area contributed by atoms with E-state index in [1.807, 2.05) is 6.20 Å². The largest absolute Gasteiger partial charge is 0.390 e. The van der Waals surface area contributed by atoms with Gasteiger partial charge >= 0.3 is 0 Å². The van der Waals surface area contributed by atoms with Crippen LogP contribution in [0, 0.1) is 5.92 Å².